The molecular formula is C8H20N2O4S. The lowest BCUT2D eigenvalue weighted by Gasteiger charge is -2.37. The quantitative estimate of drug-likeness (QED) is 0.615. The normalized spacial score (nSPS) is 13.9. The van der Waals surface area contributed by atoms with Crippen LogP contribution in [-0.4, -0.2) is 66.6 Å². The molecule has 0 saturated heterocycles. The van der Waals surface area contributed by atoms with Crippen LogP contribution in [-0.2, 0) is 10.2 Å². The molecule has 0 aliphatic carbocycles. The summed E-state index contributed by atoms with van der Waals surface area (Å²) in [4.78, 5) is 0. The summed E-state index contributed by atoms with van der Waals surface area (Å²) >= 11 is 0. The van der Waals surface area contributed by atoms with Crippen molar-refractivity contribution >= 4 is 10.2 Å². The van der Waals surface area contributed by atoms with E-state index in [9.17, 15) is 8.42 Å². The average Bonchev–Trinajstić information content (AvgIpc) is 2.13. The second-order valence-electron chi connectivity index (χ2n) is 4.06. The Morgan fingerprint density at radius 2 is 1.67 bits per heavy atom. The van der Waals surface area contributed by atoms with Crippen LogP contribution in [0.4, 0.5) is 0 Å². The van der Waals surface area contributed by atoms with Crippen LogP contribution in [0.3, 0.4) is 0 Å². The van der Waals surface area contributed by atoms with E-state index in [1.807, 2.05) is 0 Å². The Morgan fingerprint density at radius 1 is 1.20 bits per heavy atom. The summed E-state index contributed by atoms with van der Waals surface area (Å²) in [5.74, 6) is 0. The summed E-state index contributed by atoms with van der Waals surface area (Å²) in [6.07, 6.45) is 0. The molecule has 0 bridgehead atoms. The van der Waals surface area contributed by atoms with Gasteiger partial charge in [0, 0.05) is 20.6 Å². The Bertz CT molecular complexity index is 287. The van der Waals surface area contributed by atoms with Crippen LogP contribution in [0.25, 0.3) is 0 Å². The molecule has 0 atom stereocenters. The second-order valence-corrected chi connectivity index (χ2v) is 6.12. The van der Waals surface area contributed by atoms with E-state index >= 15 is 0 Å². The number of nitrogens with zero attached hydrogens (tertiary/aromatic N) is 2. The second kappa shape index (κ2) is 5.22. The fraction of sp³-hybridized carbons (Fsp3) is 1.00. The first-order valence-corrected chi connectivity index (χ1v) is 6.02. The van der Waals surface area contributed by atoms with Crippen molar-refractivity contribution in [3.8, 4) is 0 Å². The van der Waals surface area contributed by atoms with E-state index in [-0.39, 0.29) is 19.8 Å². The maximum Gasteiger partial charge on any atom is 0.282 e. The molecule has 0 aromatic rings. The van der Waals surface area contributed by atoms with Crippen LogP contribution in [0.15, 0.2) is 0 Å². The van der Waals surface area contributed by atoms with Gasteiger partial charge in [0.25, 0.3) is 10.2 Å². The third kappa shape index (κ3) is 3.39. The molecule has 6 nitrogen and oxygen atoms in total. The molecule has 2 N–H and O–H groups in total. The molecule has 0 fully saturated rings. The molecule has 7 heteroatoms. The minimum atomic E-state index is -3.62. The topological polar surface area (TPSA) is 81.1 Å². The van der Waals surface area contributed by atoms with E-state index in [2.05, 4.69) is 0 Å². The summed E-state index contributed by atoms with van der Waals surface area (Å²) in [6, 6.07) is 0. The first-order valence-electron chi connectivity index (χ1n) is 4.62. The van der Waals surface area contributed by atoms with E-state index in [0.717, 1.165) is 8.61 Å². The number of hydrogen-bond donors (Lipinski definition) is 2. The van der Waals surface area contributed by atoms with Gasteiger partial charge in [0.15, 0.2) is 0 Å². The van der Waals surface area contributed by atoms with Crippen molar-refractivity contribution in [3.63, 3.8) is 0 Å². The molecular weight excluding hydrogens is 220 g/mol. The molecule has 0 radical (unpaired) electrons. The third-order valence-corrected chi connectivity index (χ3v) is 4.26. The van der Waals surface area contributed by atoms with Crippen LogP contribution in [0, 0.1) is 0 Å². The van der Waals surface area contributed by atoms with Gasteiger partial charge < -0.3 is 10.2 Å². The number of aliphatic hydroxyl groups excluding tert-OH is 2. The molecule has 0 aliphatic rings. The fourth-order valence-electron chi connectivity index (χ4n) is 1.10. The summed E-state index contributed by atoms with van der Waals surface area (Å²) in [7, 11) is -0.804. The van der Waals surface area contributed by atoms with Crippen molar-refractivity contribution in [1.82, 2.24) is 8.61 Å². The lowest BCUT2D eigenvalue weighted by molar-refractivity contribution is 0.102. The Balaban J connectivity index is 5.15. The Kier molecular flexibility index (Phi) is 5.15. The predicted octanol–water partition coefficient (Wildman–Crippen LogP) is -1.14. The Morgan fingerprint density at radius 3 is 1.93 bits per heavy atom. The van der Waals surface area contributed by atoms with E-state index < -0.39 is 15.7 Å². The molecule has 0 aliphatic heterocycles. The molecule has 0 heterocycles. The van der Waals surface area contributed by atoms with Gasteiger partial charge in [0.05, 0.1) is 18.8 Å². The zero-order valence-electron chi connectivity index (χ0n) is 9.63. The molecule has 0 unspecified atom stereocenters. The van der Waals surface area contributed by atoms with Crippen LogP contribution >= 0.6 is 0 Å². The molecule has 0 saturated carbocycles. The van der Waals surface area contributed by atoms with Gasteiger partial charge >= 0.3 is 0 Å². The Hall–Kier alpha value is -0.210. The monoisotopic (exact) mass is 240 g/mol. The van der Waals surface area contributed by atoms with Gasteiger partial charge in [0.2, 0.25) is 0 Å². The van der Waals surface area contributed by atoms with Gasteiger partial charge in [-0.3, -0.25) is 0 Å². The van der Waals surface area contributed by atoms with Gasteiger partial charge in [-0.2, -0.15) is 17.0 Å². The van der Waals surface area contributed by atoms with Crippen molar-refractivity contribution in [1.29, 1.82) is 0 Å². The molecule has 15 heavy (non-hydrogen) atoms. The predicted molar refractivity (Wildman–Crippen MR) is 57.6 cm³/mol. The molecule has 0 aromatic heterocycles. The smallest absolute Gasteiger partial charge is 0.282 e. The summed E-state index contributed by atoms with van der Waals surface area (Å²) in [5.41, 5.74) is -0.925. The first-order chi connectivity index (χ1) is 6.70. The average molecular weight is 240 g/mol. The molecule has 0 rings (SSSR count). The highest BCUT2D eigenvalue weighted by Gasteiger charge is 2.36. The molecule has 92 valence electrons. The number of aliphatic hydroxyl groups is 2. The minimum Gasteiger partial charge on any atom is -0.395 e. The number of hydrogen-bond acceptors (Lipinski definition) is 4. The fourth-order valence-corrected chi connectivity index (χ4v) is 2.49. The van der Waals surface area contributed by atoms with Crippen molar-refractivity contribution in [2.24, 2.45) is 0 Å². The SMILES string of the molecule is CN(C)S(=O)(=O)N(CCO)C(C)(C)CO. The van der Waals surface area contributed by atoms with Crippen LogP contribution < -0.4 is 0 Å². The standard InChI is InChI=1S/C8H20N2O4S/c1-8(2,7-12)10(5-6-11)15(13,14)9(3)4/h11-12H,5-7H2,1-4H3. The highest BCUT2D eigenvalue weighted by atomic mass is 32.2. The van der Waals surface area contributed by atoms with Crippen molar-refractivity contribution in [2.45, 2.75) is 19.4 Å². The van der Waals surface area contributed by atoms with Crippen LogP contribution in [0.5, 0.6) is 0 Å². The van der Waals surface area contributed by atoms with Crippen LogP contribution in [0.2, 0.25) is 0 Å². The van der Waals surface area contributed by atoms with Crippen molar-refractivity contribution in [2.75, 3.05) is 33.9 Å². The highest BCUT2D eigenvalue weighted by molar-refractivity contribution is 7.86. The number of rotatable bonds is 6. The Labute approximate surface area is 91.3 Å². The largest absolute Gasteiger partial charge is 0.395 e. The van der Waals surface area contributed by atoms with Gasteiger partial charge in [0.1, 0.15) is 0 Å². The minimum absolute atomic E-state index is 0.0337. The van der Waals surface area contributed by atoms with Gasteiger partial charge in [-0.1, -0.05) is 0 Å². The van der Waals surface area contributed by atoms with E-state index in [1.165, 1.54) is 14.1 Å². The van der Waals surface area contributed by atoms with E-state index in [0.29, 0.717) is 0 Å². The first kappa shape index (κ1) is 14.8. The zero-order chi connectivity index (χ0) is 12.3. The van der Waals surface area contributed by atoms with E-state index in [4.69, 9.17) is 10.2 Å². The highest BCUT2D eigenvalue weighted by Crippen LogP contribution is 2.19. The van der Waals surface area contributed by atoms with E-state index in [1.54, 1.807) is 13.8 Å². The summed E-state index contributed by atoms with van der Waals surface area (Å²) in [5, 5.41) is 18.0. The number of β-amino-alcohol motifs (C(OH)–C–C–N with tert-alkyl or cyclic N) is 1. The summed E-state index contributed by atoms with van der Waals surface area (Å²) < 4.78 is 25.9. The lowest BCUT2D eigenvalue weighted by atomic mass is 10.1. The van der Waals surface area contributed by atoms with Crippen molar-refractivity contribution in [3.05, 3.63) is 0 Å². The van der Waals surface area contributed by atoms with Gasteiger partial charge in [-0.05, 0) is 13.8 Å². The van der Waals surface area contributed by atoms with Crippen molar-refractivity contribution < 1.29 is 18.6 Å². The molecule has 0 spiro atoms. The molecule has 0 amide bonds. The zero-order valence-corrected chi connectivity index (χ0v) is 10.5. The maximum atomic E-state index is 11.9. The van der Waals surface area contributed by atoms with Crippen LogP contribution in [0.1, 0.15) is 13.8 Å². The van der Waals surface area contributed by atoms with Gasteiger partial charge in [-0.25, -0.2) is 0 Å². The van der Waals surface area contributed by atoms with Gasteiger partial charge in [-0.15, -0.1) is 0 Å². The summed E-state index contributed by atoms with van der Waals surface area (Å²) in [6.45, 7) is 2.58. The lowest BCUT2D eigenvalue weighted by Crippen LogP contribution is -2.54. The maximum absolute atomic E-state index is 11.9. The third-order valence-electron chi connectivity index (χ3n) is 2.11. The molecule has 0 aromatic carbocycles.